The standard InChI is InChI=1S/C23H31N3O3/c1-17-10-12-26(13-11-17)20-7-5-19(6-8-20)25-23(27)16-24-15-18-4-9-21(28-2)22(14-18)29-3/h4-9,14,17,24H,10-13,15-16H2,1-3H3,(H,25,27). The van der Waals surface area contributed by atoms with Crippen molar-refractivity contribution in [2.75, 3.05) is 44.1 Å². The van der Waals surface area contributed by atoms with Crippen LogP contribution >= 0.6 is 0 Å². The van der Waals surface area contributed by atoms with E-state index in [-0.39, 0.29) is 12.5 Å². The molecular formula is C23H31N3O3. The summed E-state index contributed by atoms with van der Waals surface area (Å²) >= 11 is 0. The van der Waals surface area contributed by atoms with Crippen molar-refractivity contribution in [3.05, 3.63) is 48.0 Å². The maximum absolute atomic E-state index is 12.2. The summed E-state index contributed by atoms with van der Waals surface area (Å²) in [5, 5.41) is 6.10. The van der Waals surface area contributed by atoms with Crippen molar-refractivity contribution in [2.24, 2.45) is 5.92 Å². The van der Waals surface area contributed by atoms with Crippen LogP contribution in [0.3, 0.4) is 0 Å². The monoisotopic (exact) mass is 397 g/mol. The first-order valence-corrected chi connectivity index (χ1v) is 10.2. The first-order valence-electron chi connectivity index (χ1n) is 10.2. The van der Waals surface area contributed by atoms with Crippen LogP contribution in [-0.2, 0) is 11.3 Å². The topological polar surface area (TPSA) is 62.8 Å². The maximum atomic E-state index is 12.2. The Morgan fingerprint density at radius 1 is 1.03 bits per heavy atom. The zero-order valence-electron chi connectivity index (χ0n) is 17.5. The molecule has 0 aromatic heterocycles. The van der Waals surface area contributed by atoms with E-state index in [1.54, 1.807) is 14.2 Å². The van der Waals surface area contributed by atoms with E-state index in [4.69, 9.17) is 9.47 Å². The highest BCUT2D eigenvalue weighted by molar-refractivity contribution is 5.92. The molecule has 3 rings (SSSR count). The fraction of sp³-hybridized carbons (Fsp3) is 0.435. The van der Waals surface area contributed by atoms with E-state index in [2.05, 4.69) is 34.6 Å². The van der Waals surface area contributed by atoms with Gasteiger partial charge >= 0.3 is 0 Å². The number of carbonyl (C=O) groups excluding carboxylic acids is 1. The van der Waals surface area contributed by atoms with Crippen LogP contribution < -0.4 is 25.0 Å². The van der Waals surface area contributed by atoms with Crippen LogP contribution in [0.15, 0.2) is 42.5 Å². The van der Waals surface area contributed by atoms with Gasteiger partial charge in [-0.15, -0.1) is 0 Å². The van der Waals surface area contributed by atoms with Crippen molar-refractivity contribution in [2.45, 2.75) is 26.3 Å². The number of piperidine rings is 1. The average molecular weight is 398 g/mol. The molecule has 2 N–H and O–H groups in total. The van der Waals surface area contributed by atoms with Gasteiger partial charge in [0.15, 0.2) is 11.5 Å². The molecule has 29 heavy (non-hydrogen) atoms. The van der Waals surface area contributed by atoms with E-state index in [1.165, 1.54) is 18.5 Å². The minimum atomic E-state index is -0.0648. The molecule has 2 aromatic carbocycles. The van der Waals surface area contributed by atoms with Crippen LogP contribution in [0, 0.1) is 5.92 Å². The van der Waals surface area contributed by atoms with Gasteiger partial charge in [-0.2, -0.15) is 0 Å². The Hall–Kier alpha value is -2.73. The predicted octanol–water partition coefficient (Wildman–Crippen LogP) is 3.67. The Kier molecular flexibility index (Phi) is 7.36. The molecule has 0 unspecified atom stereocenters. The number of nitrogens with zero attached hydrogens (tertiary/aromatic N) is 1. The molecule has 156 valence electrons. The smallest absolute Gasteiger partial charge is 0.238 e. The van der Waals surface area contributed by atoms with E-state index in [0.29, 0.717) is 18.0 Å². The maximum Gasteiger partial charge on any atom is 0.238 e. The second-order valence-electron chi connectivity index (χ2n) is 7.56. The number of anilines is 2. The first kappa shape index (κ1) is 21.0. The third-order valence-electron chi connectivity index (χ3n) is 5.36. The largest absolute Gasteiger partial charge is 0.493 e. The summed E-state index contributed by atoms with van der Waals surface area (Å²) in [5.41, 5.74) is 3.06. The highest BCUT2D eigenvalue weighted by Gasteiger charge is 2.16. The number of carbonyl (C=O) groups is 1. The second kappa shape index (κ2) is 10.2. The summed E-state index contributed by atoms with van der Waals surface area (Å²) in [4.78, 5) is 14.6. The van der Waals surface area contributed by atoms with Crippen LogP contribution in [0.25, 0.3) is 0 Å². The summed E-state index contributed by atoms with van der Waals surface area (Å²) < 4.78 is 10.5. The van der Waals surface area contributed by atoms with Gasteiger partial charge in [0.05, 0.1) is 20.8 Å². The molecule has 0 spiro atoms. The minimum absolute atomic E-state index is 0.0648. The van der Waals surface area contributed by atoms with Gasteiger partial charge in [0, 0.05) is 31.0 Å². The molecule has 1 fully saturated rings. The zero-order valence-corrected chi connectivity index (χ0v) is 17.5. The molecule has 1 amide bonds. The molecule has 1 heterocycles. The van der Waals surface area contributed by atoms with E-state index in [9.17, 15) is 4.79 Å². The molecule has 1 aliphatic heterocycles. The average Bonchev–Trinajstić information content (AvgIpc) is 2.75. The summed E-state index contributed by atoms with van der Waals surface area (Å²) in [6, 6.07) is 13.8. The van der Waals surface area contributed by atoms with Crippen molar-refractivity contribution in [3.63, 3.8) is 0 Å². The molecular weight excluding hydrogens is 366 g/mol. The van der Waals surface area contributed by atoms with Gasteiger partial charge in [0.1, 0.15) is 0 Å². The fourth-order valence-electron chi connectivity index (χ4n) is 3.54. The van der Waals surface area contributed by atoms with Crippen molar-refractivity contribution in [1.29, 1.82) is 0 Å². The molecule has 6 heteroatoms. The predicted molar refractivity (Wildman–Crippen MR) is 117 cm³/mol. The SMILES string of the molecule is COc1ccc(CNCC(=O)Nc2ccc(N3CCC(C)CC3)cc2)cc1OC. The van der Waals surface area contributed by atoms with Crippen molar-refractivity contribution < 1.29 is 14.3 Å². The van der Waals surface area contributed by atoms with Gasteiger partial charge in [0.2, 0.25) is 5.91 Å². The molecule has 0 aliphatic carbocycles. The fourth-order valence-corrected chi connectivity index (χ4v) is 3.54. The molecule has 1 saturated heterocycles. The number of hydrogen-bond donors (Lipinski definition) is 2. The normalized spacial score (nSPS) is 14.5. The van der Waals surface area contributed by atoms with E-state index >= 15 is 0 Å². The van der Waals surface area contributed by atoms with Crippen LogP contribution in [0.5, 0.6) is 11.5 Å². The molecule has 0 saturated carbocycles. The molecule has 0 atom stereocenters. The number of nitrogens with one attached hydrogen (secondary N) is 2. The molecule has 0 bridgehead atoms. The van der Waals surface area contributed by atoms with Crippen molar-refractivity contribution >= 4 is 17.3 Å². The van der Waals surface area contributed by atoms with Gasteiger partial charge in [-0.3, -0.25) is 4.79 Å². The van der Waals surface area contributed by atoms with Gasteiger partial charge in [0.25, 0.3) is 0 Å². The Bertz CT molecular complexity index is 800. The Balaban J connectivity index is 1.45. The number of methoxy groups -OCH3 is 2. The van der Waals surface area contributed by atoms with Crippen LogP contribution in [0.2, 0.25) is 0 Å². The lowest BCUT2D eigenvalue weighted by molar-refractivity contribution is -0.115. The Morgan fingerprint density at radius 3 is 2.38 bits per heavy atom. The third kappa shape index (κ3) is 5.87. The molecule has 1 aliphatic rings. The summed E-state index contributed by atoms with van der Waals surface area (Å²) in [6.07, 6.45) is 2.48. The van der Waals surface area contributed by atoms with Crippen molar-refractivity contribution in [3.8, 4) is 11.5 Å². The third-order valence-corrected chi connectivity index (χ3v) is 5.36. The van der Waals surface area contributed by atoms with Gasteiger partial charge in [-0.25, -0.2) is 0 Å². The van der Waals surface area contributed by atoms with Crippen LogP contribution in [0.1, 0.15) is 25.3 Å². The number of ether oxygens (including phenoxy) is 2. The van der Waals surface area contributed by atoms with Gasteiger partial charge in [-0.1, -0.05) is 13.0 Å². The number of rotatable bonds is 8. The Labute approximate surface area is 173 Å². The number of amides is 1. The lowest BCUT2D eigenvalue weighted by Gasteiger charge is -2.32. The zero-order chi connectivity index (χ0) is 20.6. The first-order chi connectivity index (χ1) is 14.1. The highest BCUT2D eigenvalue weighted by atomic mass is 16.5. The van der Waals surface area contributed by atoms with Crippen LogP contribution in [0.4, 0.5) is 11.4 Å². The Morgan fingerprint density at radius 2 is 1.72 bits per heavy atom. The second-order valence-corrected chi connectivity index (χ2v) is 7.56. The van der Waals surface area contributed by atoms with Crippen LogP contribution in [-0.4, -0.2) is 39.8 Å². The summed E-state index contributed by atoms with van der Waals surface area (Å²) in [5.74, 6) is 2.12. The lowest BCUT2D eigenvalue weighted by Crippen LogP contribution is -2.32. The molecule has 6 nitrogen and oxygen atoms in total. The van der Waals surface area contributed by atoms with E-state index in [1.807, 2.05) is 30.3 Å². The molecule has 2 aromatic rings. The van der Waals surface area contributed by atoms with E-state index < -0.39 is 0 Å². The van der Waals surface area contributed by atoms with Gasteiger partial charge in [-0.05, 0) is 60.7 Å². The highest BCUT2D eigenvalue weighted by Crippen LogP contribution is 2.27. The quantitative estimate of drug-likeness (QED) is 0.712. The van der Waals surface area contributed by atoms with E-state index in [0.717, 1.165) is 30.3 Å². The number of hydrogen-bond acceptors (Lipinski definition) is 5. The summed E-state index contributed by atoms with van der Waals surface area (Å²) in [6.45, 7) is 5.33. The number of benzene rings is 2. The summed E-state index contributed by atoms with van der Waals surface area (Å²) in [7, 11) is 3.22. The van der Waals surface area contributed by atoms with Gasteiger partial charge < -0.3 is 25.0 Å². The lowest BCUT2D eigenvalue weighted by atomic mass is 9.99. The minimum Gasteiger partial charge on any atom is -0.493 e. The van der Waals surface area contributed by atoms with Crippen molar-refractivity contribution in [1.82, 2.24) is 5.32 Å². The molecule has 0 radical (unpaired) electrons.